The van der Waals surface area contributed by atoms with Crippen molar-refractivity contribution in [2.45, 2.75) is 48.0 Å². The molecule has 0 aliphatic heterocycles. The van der Waals surface area contributed by atoms with E-state index < -0.39 is 0 Å². The van der Waals surface area contributed by atoms with E-state index in [9.17, 15) is 9.59 Å². The summed E-state index contributed by atoms with van der Waals surface area (Å²) in [6.07, 6.45) is 0.973. The zero-order valence-electron chi connectivity index (χ0n) is 20.1. The van der Waals surface area contributed by atoms with Gasteiger partial charge in [0, 0.05) is 24.5 Å². The molecule has 172 valence electrons. The minimum atomic E-state index is -0.177. The van der Waals surface area contributed by atoms with Gasteiger partial charge >= 0.3 is 12.1 Å². The predicted octanol–water partition coefficient (Wildman–Crippen LogP) is 5.53. The van der Waals surface area contributed by atoms with Crippen LogP contribution in [0.2, 0.25) is 0 Å². The minimum absolute atomic E-state index is 0.0407. The van der Waals surface area contributed by atoms with Gasteiger partial charge in [0.25, 0.3) is 0 Å². The normalized spacial score (nSPS) is 18.9. The van der Waals surface area contributed by atoms with Crippen molar-refractivity contribution in [3.05, 3.63) is 58.7 Å². The molecule has 0 saturated heterocycles. The summed E-state index contributed by atoms with van der Waals surface area (Å²) in [6.45, 7) is 13.6. The highest BCUT2D eigenvalue weighted by Gasteiger charge is 2.47. The van der Waals surface area contributed by atoms with E-state index in [1.165, 1.54) is 0 Å². The van der Waals surface area contributed by atoms with Crippen LogP contribution in [0.1, 0.15) is 42.5 Å². The molecular formula is C26H36N4O2. The second kappa shape index (κ2) is 9.63. The molecule has 2 atom stereocenters. The van der Waals surface area contributed by atoms with Crippen molar-refractivity contribution in [2.75, 3.05) is 23.7 Å². The topological polar surface area (TPSA) is 82.3 Å². The van der Waals surface area contributed by atoms with Crippen LogP contribution >= 0.6 is 0 Å². The fourth-order valence-electron chi connectivity index (χ4n) is 4.32. The van der Waals surface area contributed by atoms with Gasteiger partial charge in [0.15, 0.2) is 0 Å². The summed E-state index contributed by atoms with van der Waals surface area (Å²) < 4.78 is 0. The summed E-state index contributed by atoms with van der Waals surface area (Å²) in [5, 5.41) is 11.9. The fraction of sp³-hybridized carbons (Fsp3) is 0.462. The largest absolute Gasteiger partial charge is 0.338 e. The first-order valence-electron chi connectivity index (χ1n) is 11.3. The predicted molar refractivity (Wildman–Crippen MR) is 131 cm³/mol. The molecule has 32 heavy (non-hydrogen) atoms. The molecule has 0 spiro atoms. The maximum atomic E-state index is 12.4. The summed E-state index contributed by atoms with van der Waals surface area (Å²) in [4.78, 5) is 24.7. The van der Waals surface area contributed by atoms with Crippen LogP contribution in [0.3, 0.4) is 0 Å². The molecule has 0 unspecified atom stereocenters. The number of amides is 4. The number of hydrogen-bond donors (Lipinski definition) is 4. The first kappa shape index (κ1) is 23.6. The highest BCUT2D eigenvalue weighted by atomic mass is 16.2. The third kappa shape index (κ3) is 5.61. The number of hydrogen-bond acceptors (Lipinski definition) is 2. The van der Waals surface area contributed by atoms with Crippen LogP contribution in [0, 0.1) is 44.9 Å². The third-order valence-electron chi connectivity index (χ3n) is 6.97. The SMILES string of the molecule is Cc1ccc(C)c(NC(=O)NC[C@@H]2C[C@@H](CNC(=O)Nc3cc(C)ccc3C)C2(C)C)c1. The van der Waals surface area contributed by atoms with Crippen LogP contribution in [0.25, 0.3) is 0 Å². The second-order valence-electron chi connectivity index (χ2n) is 9.76. The van der Waals surface area contributed by atoms with Crippen LogP contribution < -0.4 is 21.3 Å². The lowest BCUT2D eigenvalue weighted by Gasteiger charge is -2.52. The zero-order valence-corrected chi connectivity index (χ0v) is 20.1. The van der Waals surface area contributed by atoms with Gasteiger partial charge < -0.3 is 21.3 Å². The molecule has 6 heteroatoms. The number of benzene rings is 2. The molecule has 4 N–H and O–H groups in total. The van der Waals surface area contributed by atoms with E-state index in [1.54, 1.807) is 0 Å². The molecule has 0 radical (unpaired) electrons. The molecule has 2 aromatic carbocycles. The smallest absolute Gasteiger partial charge is 0.319 e. The minimum Gasteiger partial charge on any atom is -0.338 e. The lowest BCUT2D eigenvalue weighted by atomic mass is 9.54. The van der Waals surface area contributed by atoms with Gasteiger partial charge in [-0.05, 0) is 85.8 Å². The maximum Gasteiger partial charge on any atom is 0.319 e. The Balaban J connectivity index is 1.43. The van der Waals surface area contributed by atoms with Crippen LogP contribution in [0.15, 0.2) is 36.4 Å². The third-order valence-corrected chi connectivity index (χ3v) is 6.97. The Morgan fingerprint density at radius 2 is 1.19 bits per heavy atom. The molecule has 3 rings (SSSR count). The van der Waals surface area contributed by atoms with E-state index >= 15 is 0 Å². The van der Waals surface area contributed by atoms with Crippen LogP contribution in [-0.2, 0) is 0 Å². The van der Waals surface area contributed by atoms with Gasteiger partial charge in [0.2, 0.25) is 0 Å². The van der Waals surface area contributed by atoms with E-state index in [2.05, 4.69) is 35.1 Å². The number of carbonyl (C=O) groups excluding carboxylic acids is 2. The Kier molecular flexibility index (Phi) is 7.12. The van der Waals surface area contributed by atoms with Crippen molar-refractivity contribution < 1.29 is 9.59 Å². The molecule has 0 heterocycles. The summed E-state index contributed by atoms with van der Waals surface area (Å²) >= 11 is 0. The first-order chi connectivity index (χ1) is 15.1. The van der Waals surface area contributed by atoms with Gasteiger partial charge in [-0.2, -0.15) is 0 Å². The van der Waals surface area contributed by atoms with Crippen molar-refractivity contribution in [1.29, 1.82) is 0 Å². The van der Waals surface area contributed by atoms with Gasteiger partial charge in [-0.3, -0.25) is 0 Å². The molecule has 6 nitrogen and oxygen atoms in total. The molecular weight excluding hydrogens is 400 g/mol. The van der Waals surface area contributed by atoms with Crippen molar-refractivity contribution in [3.63, 3.8) is 0 Å². The van der Waals surface area contributed by atoms with Gasteiger partial charge in [0.1, 0.15) is 0 Å². The van der Waals surface area contributed by atoms with E-state index in [1.807, 2.05) is 64.1 Å². The van der Waals surface area contributed by atoms with Crippen molar-refractivity contribution in [3.8, 4) is 0 Å². The van der Waals surface area contributed by atoms with Gasteiger partial charge in [-0.1, -0.05) is 38.1 Å². The fourth-order valence-corrected chi connectivity index (χ4v) is 4.32. The average molecular weight is 437 g/mol. The Morgan fingerprint density at radius 1 is 0.781 bits per heavy atom. The van der Waals surface area contributed by atoms with Gasteiger partial charge in [-0.25, -0.2) is 9.59 Å². The van der Waals surface area contributed by atoms with E-state index in [4.69, 9.17) is 0 Å². The Labute approximate surface area is 191 Å². The van der Waals surface area contributed by atoms with Crippen molar-refractivity contribution in [1.82, 2.24) is 10.6 Å². The number of carbonyl (C=O) groups is 2. The van der Waals surface area contributed by atoms with Crippen LogP contribution in [0.5, 0.6) is 0 Å². The standard InChI is InChI=1S/C26H36N4O2/c1-16-7-9-18(3)22(11-16)29-24(31)27-14-20-13-21(26(20,5)6)15-28-25(32)30-23-12-17(2)8-10-19(23)4/h7-12,20-21H,13-15H2,1-6H3,(H2,27,29,31)(H2,28,30,32)/t20-,21-/m0/s1. The lowest BCUT2D eigenvalue weighted by Crippen LogP contribution is -2.54. The molecule has 4 amide bonds. The maximum absolute atomic E-state index is 12.4. The quantitative estimate of drug-likeness (QED) is 0.480. The average Bonchev–Trinajstić information content (AvgIpc) is 2.72. The summed E-state index contributed by atoms with van der Waals surface area (Å²) in [6, 6.07) is 11.7. The number of nitrogens with one attached hydrogen (secondary N) is 4. The van der Waals surface area contributed by atoms with Crippen LogP contribution in [-0.4, -0.2) is 25.2 Å². The molecule has 1 fully saturated rings. The summed E-state index contributed by atoms with van der Waals surface area (Å²) in [7, 11) is 0. The van der Waals surface area contributed by atoms with E-state index in [0.717, 1.165) is 40.0 Å². The van der Waals surface area contributed by atoms with Gasteiger partial charge in [-0.15, -0.1) is 0 Å². The summed E-state index contributed by atoms with van der Waals surface area (Å²) in [5.74, 6) is 0.751. The summed E-state index contributed by atoms with van der Waals surface area (Å²) in [5.41, 5.74) is 6.03. The molecule has 1 saturated carbocycles. The highest BCUT2D eigenvalue weighted by Crippen LogP contribution is 2.50. The highest BCUT2D eigenvalue weighted by molar-refractivity contribution is 5.90. The van der Waals surface area contributed by atoms with E-state index in [-0.39, 0.29) is 17.5 Å². The number of aryl methyl sites for hydroxylation is 4. The van der Waals surface area contributed by atoms with Crippen molar-refractivity contribution >= 4 is 23.4 Å². The molecule has 1 aliphatic carbocycles. The Morgan fingerprint density at radius 3 is 1.56 bits per heavy atom. The van der Waals surface area contributed by atoms with Crippen LogP contribution in [0.4, 0.5) is 21.0 Å². The number of rotatable bonds is 6. The lowest BCUT2D eigenvalue weighted by molar-refractivity contribution is -0.0142. The van der Waals surface area contributed by atoms with Gasteiger partial charge in [0.05, 0.1) is 0 Å². The second-order valence-corrected chi connectivity index (χ2v) is 9.76. The molecule has 1 aliphatic rings. The number of urea groups is 2. The number of anilines is 2. The Bertz CT molecular complexity index is 922. The monoisotopic (exact) mass is 436 g/mol. The molecule has 0 bridgehead atoms. The first-order valence-corrected chi connectivity index (χ1v) is 11.3. The molecule has 2 aromatic rings. The zero-order chi connectivity index (χ0) is 23.5. The van der Waals surface area contributed by atoms with E-state index in [0.29, 0.717) is 24.9 Å². The van der Waals surface area contributed by atoms with Crippen molar-refractivity contribution in [2.24, 2.45) is 17.3 Å². The Hall–Kier alpha value is -3.02. The molecule has 0 aromatic heterocycles.